The minimum atomic E-state index is -0.717. The molecule has 0 aliphatic rings. The van der Waals surface area contributed by atoms with Crippen molar-refractivity contribution in [3.05, 3.63) is 0 Å². The van der Waals surface area contributed by atoms with E-state index < -0.39 is 6.16 Å². The van der Waals surface area contributed by atoms with E-state index in [9.17, 15) is 4.79 Å². The summed E-state index contributed by atoms with van der Waals surface area (Å²) in [4.78, 5) is 10.5. The van der Waals surface area contributed by atoms with Gasteiger partial charge < -0.3 is 28.8 Å². The van der Waals surface area contributed by atoms with Crippen LogP contribution >= 0.6 is 0 Å². The standard InChI is InChI=1S/C10H20O7/c1-13-10(12)17-9-8-16-7-6-15-5-4-14-3-2-11/h11H,2-9H2,1H3. The Morgan fingerprint density at radius 1 is 0.882 bits per heavy atom. The van der Waals surface area contributed by atoms with Crippen LogP contribution in [0.25, 0.3) is 0 Å². The number of carbonyl (C=O) groups excluding carboxylic acids is 1. The van der Waals surface area contributed by atoms with Crippen molar-refractivity contribution < 1.29 is 33.6 Å². The van der Waals surface area contributed by atoms with Crippen molar-refractivity contribution in [2.75, 3.05) is 60.0 Å². The first-order valence-electron chi connectivity index (χ1n) is 5.36. The molecule has 0 aromatic heterocycles. The molecule has 0 saturated heterocycles. The van der Waals surface area contributed by atoms with Crippen LogP contribution in [-0.4, -0.2) is 71.2 Å². The van der Waals surface area contributed by atoms with Crippen LogP contribution in [-0.2, 0) is 23.7 Å². The summed E-state index contributed by atoms with van der Waals surface area (Å²) in [7, 11) is 1.25. The summed E-state index contributed by atoms with van der Waals surface area (Å²) in [5.41, 5.74) is 0. The Labute approximate surface area is 101 Å². The summed E-state index contributed by atoms with van der Waals surface area (Å²) in [5.74, 6) is 0. The predicted octanol–water partition coefficient (Wildman–Crippen LogP) is -0.189. The Hall–Kier alpha value is -0.890. The monoisotopic (exact) mass is 252 g/mol. The molecule has 7 nitrogen and oxygen atoms in total. The molecule has 0 atom stereocenters. The van der Waals surface area contributed by atoms with E-state index in [-0.39, 0.29) is 13.2 Å². The second-order valence-electron chi connectivity index (χ2n) is 2.86. The van der Waals surface area contributed by atoms with E-state index in [0.29, 0.717) is 39.6 Å². The van der Waals surface area contributed by atoms with Crippen molar-refractivity contribution >= 4 is 6.16 Å². The Bertz CT molecular complexity index is 174. The summed E-state index contributed by atoms with van der Waals surface area (Å²) in [6, 6.07) is 0. The number of carbonyl (C=O) groups is 1. The SMILES string of the molecule is COC(=O)OCCOCCOCCOCCO. The van der Waals surface area contributed by atoms with Crippen LogP contribution in [0.5, 0.6) is 0 Å². The first-order chi connectivity index (χ1) is 8.31. The molecule has 0 heterocycles. The van der Waals surface area contributed by atoms with Crippen LogP contribution in [0.4, 0.5) is 4.79 Å². The zero-order valence-corrected chi connectivity index (χ0v) is 10.1. The van der Waals surface area contributed by atoms with E-state index in [1.807, 2.05) is 0 Å². The van der Waals surface area contributed by atoms with Crippen molar-refractivity contribution in [1.82, 2.24) is 0 Å². The smallest absolute Gasteiger partial charge is 0.438 e. The van der Waals surface area contributed by atoms with Crippen LogP contribution < -0.4 is 0 Å². The fourth-order valence-electron chi connectivity index (χ4n) is 0.849. The van der Waals surface area contributed by atoms with Crippen molar-refractivity contribution in [2.24, 2.45) is 0 Å². The zero-order valence-electron chi connectivity index (χ0n) is 10.1. The molecule has 0 bridgehead atoms. The Morgan fingerprint density at radius 3 is 1.82 bits per heavy atom. The summed E-state index contributed by atoms with van der Waals surface area (Å²) in [5, 5.41) is 8.42. The Morgan fingerprint density at radius 2 is 1.35 bits per heavy atom. The maximum atomic E-state index is 10.5. The number of aliphatic hydroxyl groups is 1. The number of aliphatic hydroxyl groups excluding tert-OH is 1. The fraction of sp³-hybridized carbons (Fsp3) is 0.900. The molecule has 7 heteroatoms. The maximum absolute atomic E-state index is 10.5. The lowest BCUT2D eigenvalue weighted by molar-refractivity contribution is -0.00420. The van der Waals surface area contributed by atoms with E-state index in [1.54, 1.807) is 0 Å². The molecular formula is C10H20O7. The zero-order chi connectivity index (χ0) is 12.8. The van der Waals surface area contributed by atoms with Crippen LogP contribution in [0.3, 0.4) is 0 Å². The summed E-state index contributed by atoms with van der Waals surface area (Å²) < 4.78 is 24.1. The first-order valence-corrected chi connectivity index (χ1v) is 5.36. The van der Waals surface area contributed by atoms with Crippen molar-refractivity contribution in [3.63, 3.8) is 0 Å². The first kappa shape index (κ1) is 16.1. The van der Waals surface area contributed by atoms with Crippen molar-refractivity contribution in [1.29, 1.82) is 0 Å². The Kier molecular flexibility index (Phi) is 12.5. The van der Waals surface area contributed by atoms with Gasteiger partial charge in [-0.05, 0) is 0 Å². The molecule has 0 fully saturated rings. The molecule has 0 unspecified atom stereocenters. The molecule has 0 spiro atoms. The average molecular weight is 252 g/mol. The summed E-state index contributed by atoms with van der Waals surface area (Å²) in [6.45, 7) is 2.58. The van der Waals surface area contributed by atoms with E-state index in [2.05, 4.69) is 9.47 Å². The van der Waals surface area contributed by atoms with Gasteiger partial charge in [-0.2, -0.15) is 0 Å². The third-order valence-corrected chi connectivity index (χ3v) is 1.59. The Balaban J connectivity index is 2.96. The fourth-order valence-corrected chi connectivity index (χ4v) is 0.849. The molecule has 0 radical (unpaired) electrons. The van der Waals surface area contributed by atoms with Gasteiger partial charge in [-0.25, -0.2) is 4.79 Å². The van der Waals surface area contributed by atoms with Gasteiger partial charge in [0.2, 0.25) is 0 Å². The molecule has 0 aliphatic carbocycles. The molecule has 0 aromatic rings. The van der Waals surface area contributed by atoms with E-state index >= 15 is 0 Å². The van der Waals surface area contributed by atoms with Gasteiger partial charge in [0.15, 0.2) is 0 Å². The molecule has 0 amide bonds. The normalized spacial score (nSPS) is 10.2. The van der Waals surface area contributed by atoms with Gasteiger partial charge in [0.25, 0.3) is 0 Å². The van der Waals surface area contributed by atoms with Gasteiger partial charge in [-0.15, -0.1) is 0 Å². The van der Waals surface area contributed by atoms with Gasteiger partial charge in [0.1, 0.15) is 6.61 Å². The molecule has 0 rings (SSSR count). The lowest BCUT2D eigenvalue weighted by atomic mass is 10.7. The second-order valence-corrected chi connectivity index (χ2v) is 2.86. The predicted molar refractivity (Wildman–Crippen MR) is 57.9 cm³/mol. The number of hydrogen-bond donors (Lipinski definition) is 1. The van der Waals surface area contributed by atoms with Gasteiger partial charge in [0, 0.05) is 0 Å². The van der Waals surface area contributed by atoms with Crippen molar-refractivity contribution in [2.45, 2.75) is 0 Å². The second kappa shape index (κ2) is 13.2. The lowest BCUT2D eigenvalue weighted by Gasteiger charge is -2.06. The highest BCUT2D eigenvalue weighted by molar-refractivity contribution is 5.59. The molecule has 1 N–H and O–H groups in total. The molecule has 17 heavy (non-hydrogen) atoms. The van der Waals surface area contributed by atoms with Gasteiger partial charge >= 0.3 is 6.16 Å². The van der Waals surface area contributed by atoms with Crippen LogP contribution in [0.15, 0.2) is 0 Å². The molecule has 0 saturated carbocycles. The summed E-state index contributed by atoms with van der Waals surface area (Å²) in [6.07, 6.45) is -0.717. The van der Waals surface area contributed by atoms with Gasteiger partial charge in [-0.1, -0.05) is 0 Å². The van der Waals surface area contributed by atoms with Crippen LogP contribution in [0.1, 0.15) is 0 Å². The van der Waals surface area contributed by atoms with E-state index in [0.717, 1.165) is 0 Å². The highest BCUT2D eigenvalue weighted by atomic mass is 16.7. The van der Waals surface area contributed by atoms with Gasteiger partial charge in [-0.3, -0.25) is 0 Å². The minimum absolute atomic E-state index is 0.0172. The highest BCUT2D eigenvalue weighted by Gasteiger charge is 1.98. The molecule has 102 valence electrons. The average Bonchev–Trinajstić information content (AvgIpc) is 2.35. The highest BCUT2D eigenvalue weighted by Crippen LogP contribution is 1.84. The number of rotatable bonds is 11. The summed E-state index contributed by atoms with van der Waals surface area (Å²) >= 11 is 0. The topological polar surface area (TPSA) is 83.5 Å². The minimum Gasteiger partial charge on any atom is -0.438 e. The third kappa shape index (κ3) is 13.0. The van der Waals surface area contributed by atoms with Crippen LogP contribution in [0, 0.1) is 0 Å². The molecule has 0 aliphatic heterocycles. The number of ether oxygens (including phenoxy) is 5. The number of hydrogen-bond acceptors (Lipinski definition) is 7. The third-order valence-electron chi connectivity index (χ3n) is 1.59. The molecular weight excluding hydrogens is 232 g/mol. The van der Waals surface area contributed by atoms with Crippen LogP contribution in [0.2, 0.25) is 0 Å². The number of methoxy groups -OCH3 is 1. The maximum Gasteiger partial charge on any atom is 0.508 e. The van der Waals surface area contributed by atoms with Crippen molar-refractivity contribution in [3.8, 4) is 0 Å². The van der Waals surface area contributed by atoms with Gasteiger partial charge in [0.05, 0.1) is 53.4 Å². The molecule has 0 aromatic carbocycles. The van der Waals surface area contributed by atoms with E-state index in [4.69, 9.17) is 19.3 Å². The largest absolute Gasteiger partial charge is 0.508 e. The lowest BCUT2D eigenvalue weighted by Crippen LogP contribution is -2.14. The van der Waals surface area contributed by atoms with E-state index in [1.165, 1.54) is 7.11 Å². The quantitative estimate of drug-likeness (QED) is 0.403.